The molecule has 168 valence electrons. The van der Waals surface area contributed by atoms with E-state index < -0.39 is 0 Å². The van der Waals surface area contributed by atoms with Gasteiger partial charge in [-0.1, -0.05) is 35.5 Å². The van der Waals surface area contributed by atoms with E-state index >= 15 is 0 Å². The Hall–Kier alpha value is -4.33. The van der Waals surface area contributed by atoms with Gasteiger partial charge in [0.15, 0.2) is 18.1 Å². The van der Waals surface area contributed by atoms with E-state index in [4.69, 9.17) is 18.7 Å². The third-order valence-corrected chi connectivity index (χ3v) is 4.96. The Morgan fingerprint density at radius 3 is 2.48 bits per heavy atom. The van der Waals surface area contributed by atoms with Crippen molar-refractivity contribution in [3.05, 3.63) is 72.3 Å². The zero-order valence-corrected chi connectivity index (χ0v) is 18.5. The second-order valence-corrected chi connectivity index (χ2v) is 7.14. The van der Waals surface area contributed by atoms with Gasteiger partial charge in [-0.2, -0.15) is 4.98 Å². The Morgan fingerprint density at radius 1 is 0.939 bits per heavy atom. The number of anilines is 1. The van der Waals surface area contributed by atoms with E-state index in [1.54, 1.807) is 37.4 Å². The first kappa shape index (κ1) is 21.9. The van der Waals surface area contributed by atoms with Crippen molar-refractivity contribution in [1.29, 1.82) is 0 Å². The monoisotopic (exact) mass is 445 g/mol. The largest absolute Gasteiger partial charge is 0.495 e. The minimum Gasteiger partial charge on any atom is -0.495 e. The van der Waals surface area contributed by atoms with Crippen LogP contribution in [0.1, 0.15) is 5.56 Å². The highest BCUT2D eigenvalue weighted by atomic mass is 16.5. The number of carbonyl (C=O) groups is 1. The number of nitrogens with one attached hydrogen (secondary N) is 1. The molecule has 0 radical (unpaired) electrons. The Morgan fingerprint density at radius 2 is 1.70 bits per heavy atom. The molecule has 0 bridgehead atoms. The number of hydrogen-bond donors (Lipinski definition) is 1. The lowest BCUT2D eigenvalue weighted by molar-refractivity contribution is -0.118. The second kappa shape index (κ2) is 9.86. The molecule has 8 heteroatoms. The van der Waals surface area contributed by atoms with Gasteiger partial charge in [0, 0.05) is 11.1 Å². The van der Waals surface area contributed by atoms with Crippen LogP contribution in [0.25, 0.3) is 22.8 Å². The highest BCUT2D eigenvalue weighted by Gasteiger charge is 2.15. The molecule has 8 nitrogen and oxygen atoms in total. The lowest BCUT2D eigenvalue weighted by atomic mass is 10.1. The van der Waals surface area contributed by atoms with E-state index in [0.717, 1.165) is 11.1 Å². The SMILES string of the molecule is COc1ccccc1NC(=O)COc1ccc(-c2noc(-c3ccccc3C)n2)cc1OC. The standard InChI is InChI=1S/C25H23N3O5/c1-16-8-4-5-9-18(16)25-27-24(28-33-25)17-12-13-21(22(14-17)31-3)32-15-23(29)26-19-10-6-7-11-20(19)30-2/h4-14H,15H2,1-3H3,(H,26,29). The smallest absolute Gasteiger partial charge is 0.262 e. The fourth-order valence-corrected chi connectivity index (χ4v) is 3.27. The van der Waals surface area contributed by atoms with Gasteiger partial charge in [-0.25, -0.2) is 0 Å². The van der Waals surface area contributed by atoms with Gasteiger partial charge in [0.1, 0.15) is 5.75 Å². The molecule has 3 aromatic carbocycles. The van der Waals surface area contributed by atoms with Crippen molar-refractivity contribution in [2.24, 2.45) is 0 Å². The van der Waals surface area contributed by atoms with Crippen LogP contribution in [0.15, 0.2) is 71.3 Å². The first-order valence-corrected chi connectivity index (χ1v) is 10.2. The first-order chi connectivity index (χ1) is 16.1. The summed E-state index contributed by atoms with van der Waals surface area (Å²) in [5.74, 6) is 1.96. The van der Waals surface area contributed by atoms with Crippen molar-refractivity contribution in [1.82, 2.24) is 10.1 Å². The van der Waals surface area contributed by atoms with Gasteiger partial charge in [0.05, 0.1) is 19.9 Å². The molecule has 33 heavy (non-hydrogen) atoms. The summed E-state index contributed by atoms with van der Waals surface area (Å²) in [6, 6.07) is 20.2. The average molecular weight is 445 g/mol. The normalized spacial score (nSPS) is 10.5. The van der Waals surface area contributed by atoms with Gasteiger partial charge in [-0.3, -0.25) is 4.79 Å². The van der Waals surface area contributed by atoms with Crippen LogP contribution in [0.3, 0.4) is 0 Å². The van der Waals surface area contributed by atoms with Crippen LogP contribution in [0.2, 0.25) is 0 Å². The molecule has 0 saturated heterocycles. The molecule has 0 spiro atoms. The highest BCUT2D eigenvalue weighted by Crippen LogP contribution is 2.33. The Bertz CT molecular complexity index is 1270. The maximum atomic E-state index is 12.3. The van der Waals surface area contributed by atoms with Gasteiger partial charge in [-0.15, -0.1) is 0 Å². The number of rotatable bonds is 8. The van der Waals surface area contributed by atoms with Crippen LogP contribution in [0.5, 0.6) is 17.2 Å². The van der Waals surface area contributed by atoms with Crippen LogP contribution in [0, 0.1) is 6.92 Å². The Balaban J connectivity index is 1.46. The molecule has 4 aromatic rings. The van der Waals surface area contributed by atoms with Crippen LogP contribution < -0.4 is 19.5 Å². The molecular formula is C25H23N3O5. The van der Waals surface area contributed by atoms with E-state index in [2.05, 4.69) is 15.5 Å². The Kier molecular flexibility index (Phi) is 6.54. The topological polar surface area (TPSA) is 95.7 Å². The molecule has 4 rings (SSSR count). The van der Waals surface area contributed by atoms with Gasteiger partial charge >= 0.3 is 0 Å². The maximum Gasteiger partial charge on any atom is 0.262 e. The van der Waals surface area contributed by atoms with Gasteiger partial charge in [0.2, 0.25) is 5.82 Å². The molecule has 0 saturated carbocycles. The lowest BCUT2D eigenvalue weighted by Crippen LogP contribution is -2.20. The number of para-hydroxylation sites is 2. The second-order valence-electron chi connectivity index (χ2n) is 7.14. The summed E-state index contributed by atoms with van der Waals surface area (Å²) in [6.07, 6.45) is 0. The summed E-state index contributed by atoms with van der Waals surface area (Å²) in [5.41, 5.74) is 3.18. The number of nitrogens with zero attached hydrogens (tertiary/aromatic N) is 2. The fourth-order valence-electron chi connectivity index (χ4n) is 3.27. The van der Waals surface area contributed by atoms with Crippen molar-refractivity contribution in [2.75, 3.05) is 26.1 Å². The molecule has 0 aliphatic rings. The van der Waals surface area contributed by atoms with Crippen molar-refractivity contribution in [3.8, 4) is 40.1 Å². The molecule has 0 aliphatic heterocycles. The molecule has 1 aromatic heterocycles. The third kappa shape index (κ3) is 4.95. The number of amides is 1. The zero-order valence-electron chi connectivity index (χ0n) is 18.5. The minimum absolute atomic E-state index is 0.201. The summed E-state index contributed by atoms with van der Waals surface area (Å²) in [4.78, 5) is 16.8. The van der Waals surface area contributed by atoms with Crippen LogP contribution in [0.4, 0.5) is 5.69 Å². The predicted molar refractivity (Wildman–Crippen MR) is 124 cm³/mol. The zero-order chi connectivity index (χ0) is 23.2. The van der Waals surface area contributed by atoms with Crippen LogP contribution in [-0.2, 0) is 4.79 Å². The summed E-state index contributed by atoms with van der Waals surface area (Å²) in [5, 5.41) is 6.86. The molecule has 0 aliphatic carbocycles. The maximum absolute atomic E-state index is 12.3. The van der Waals surface area contributed by atoms with Crippen molar-refractivity contribution in [2.45, 2.75) is 6.92 Å². The van der Waals surface area contributed by atoms with E-state index in [1.165, 1.54) is 7.11 Å². The van der Waals surface area contributed by atoms with Gasteiger partial charge < -0.3 is 24.1 Å². The number of hydrogen-bond acceptors (Lipinski definition) is 7. The quantitative estimate of drug-likeness (QED) is 0.418. The average Bonchev–Trinajstić information content (AvgIpc) is 3.33. The molecule has 0 fully saturated rings. The molecule has 1 heterocycles. The number of benzene rings is 3. The van der Waals surface area contributed by atoms with Crippen molar-refractivity contribution >= 4 is 11.6 Å². The summed E-state index contributed by atoms with van der Waals surface area (Å²) in [7, 11) is 3.07. The number of ether oxygens (including phenoxy) is 3. The number of methoxy groups -OCH3 is 2. The predicted octanol–water partition coefficient (Wildman–Crippen LogP) is 4.75. The highest BCUT2D eigenvalue weighted by molar-refractivity contribution is 5.93. The molecule has 0 unspecified atom stereocenters. The van der Waals surface area contributed by atoms with Crippen LogP contribution >= 0.6 is 0 Å². The van der Waals surface area contributed by atoms with E-state index in [9.17, 15) is 4.79 Å². The third-order valence-electron chi connectivity index (χ3n) is 4.96. The number of carbonyl (C=O) groups excluding carboxylic acids is 1. The molecule has 0 atom stereocenters. The summed E-state index contributed by atoms with van der Waals surface area (Å²) < 4.78 is 21.8. The summed E-state index contributed by atoms with van der Waals surface area (Å²) >= 11 is 0. The lowest BCUT2D eigenvalue weighted by Gasteiger charge is -2.13. The molecular weight excluding hydrogens is 422 g/mol. The van der Waals surface area contributed by atoms with E-state index in [1.807, 2.05) is 43.3 Å². The molecule has 1 N–H and O–H groups in total. The number of aryl methyl sites for hydroxylation is 1. The van der Waals surface area contributed by atoms with Gasteiger partial charge in [-0.05, 0) is 48.9 Å². The van der Waals surface area contributed by atoms with E-state index in [0.29, 0.717) is 40.2 Å². The first-order valence-electron chi connectivity index (χ1n) is 10.2. The van der Waals surface area contributed by atoms with Gasteiger partial charge in [0.25, 0.3) is 11.8 Å². The van der Waals surface area contributed by atoms with Crippen LogP contribution in [-0.4, -0.2) is 36.9 Å². The number of aromatic nitrogens is 2. The van der Waals surface area contributed by atoms with Crippen molar-refractivity contribution < 1.29 is 23.5 Å². The van der Waals surface area contributed by atoms with Crippen molar-refractivity contribution in [3.63, 3.8) is 0 Å². The summed E-state index contributed by atoms with van der Waals surface area (Å²) in [6.45, 7) is 1.78. The fraction of sp³-hybridized carbons (Fsp3) is 0.160. The molecule has 1 amide bonds. The minimum atomic E-state index is -0.327. The van der Waals surface area contributed by atoms with E-state index in [-0.39, 0.29) is 12.5 Å². The Labute approximate surface area is 191 Å².